The van der Waals surface area contributed by atoms with Gasteiger partial charge in [0.05, 0.1) is 34.3 Å². The predicted molar refractivity (Wildman–Crippen MR) is 84.1 cm³/mol. The number of rotatable bonds is 4. The zero-order valence-corrected chi connectivity index (χ0v) is 14.7. The first-order valence-corrected chi connectivity index (χ1v) is 7.47. The van der Waals surface area contributed by atoms with E-state index in [1.807, 2.05) is 78.5 Å². The molecule has 0 amide bonds. The van der Waals surface area contributed by atoms with Crippen molar-refractivity contribution in [1.82, 2.24) is 0 Å². The summed E-state index contributed by atoms with van der Waals surface area (Å²) in [5.74, 6) is -0.809. The molecule has 0 aliphatic carbocycles. The lowest BCUT2D eigenvalue weighted by atomic mass is 10.0. The van der Waals surface area contributed by atoms with Crippen molar-refractivity contribution in [1.29, 1.82) is 0 Å². The summed E-state index contributed by atoms with van der Waals surface area (Å²) < 4.78 is 1.76. The van der Waals surface area contributed by atoms with E-state index in [1.165, 1.54) is 0 Å². The van der Waals surface area contributed by atoms with E-state index in [-0.39, 0.29) is 5.75 Å². The van der Waals surface area contributed by atoms with Gasteiger partial charge in [-0.3, -0.25) is 0 Å². The predicted octanol–water partition coefficient (Wildman–Crippen LogP) is 0.969. The number of quaternary nitrogens is 1. The van der Waals surface area contributed by atoms with Crippen LogP contribution in [0.4, 0.5) is 0 Å². The monoisotopic (exact) mass is 475 g/mol. The molecule has 0 heterocycles. The van der Waals surface area contributed by atoms with Crippen LogP contribution < -0.4 is 5.11 Å². The molecule has 1 N–H and O–H groups in total. The Labute approximate surface area is 134 Å². The van der Waals surface area contributed by atoms with Crippen LogP contribution in [0.2, 0.25) is 0 Å². The van der Waals surface area contributed by atoms with Crippen molar-refractivity contribution in [2.24, 2.45) is 0 Å². The van der Waals surface area contributed by atoms with Gasteiger partial charge in [0, 0.05) is 6.42 Å². The molecule has 0 unspecified atom stereocenters. The third kappa shape index (κ3) is 3.95. The Hall–Kier alpha value is -0.0900. The number of hydrogen-bond donors (Lipinski definition) is 1. The SMILES string of the molecule is C[N+](C)(C)[C@H](Cc1cc(I)c(O)c(I)c1)C(=O)[O-]. The number of aromatic hydroxyl groups is 1. The van der Waals surface area contributed by atoms with Gasteiger partial charge in [-0.15, -0.1) is 0 Å². The number of aliphatic carboxylic acids is 1. The molecule has 0 saturated heterocycles. The molecule has 0 aromatic heterocycles. The van der Waals surface area contributed by atoms with Crippen molar-refractivity contribution in [3.05, 3.63) is 24.8 Å². The first kappa shape index (κ1) is 16.0. The average Bonchev–Trinajstić information content (AvgIpc) is 2.20. The van der Waals surface area contributed by atoms with Crippen molar-refractivity contribution in [3.63, 3.8) is 0 Å². The lowest BCUT2D eigenvalue weighted by Gasteiger charge is -2.34. The molecule has 0 spiro atoms. The Morgan fingerprint density at radius 1 is 1.33 bits per heavy atom. The Kier molecular flexibility index (Phi) is 5.24. The first-order chi connectivity index (χ1) is 8.12. The summed E-state index contributed by atoms with van der Waals surface area (Å²) in [4.78, 5) is 11.2. The van der Waals surface area contributed by atoms with E-state index in [0.29, 0.717) is 10.9 Å². The first-order valence-electron chi connectivity index (χ1n) is 5.31. The standard InChI is InChI=1S/C12H15I2NO3/c1-15(2,3)10(12(17)18)6-7-4-8(13)11(16)9(14)5-7/h4-5,10H,6H2,1-3H3,(H-,16,17,18)/t10-/m1/s1. The molecule has 100 valence electrons. The van der Waals surface area contributed by atoms with Crippen molar-refractivity contribution in [3.8, 4) is 5.75 Å². The lowest BCUT2D eigenvalue weighted by molar-refractivity contribution is -0.889. The maximum Gasteiger partial charge on any atom is 0.142 e. The second-order valence-electron chi connectivity index (χ2n) is 5.06. The highest BCUT2D eigenvalue weighted by molar-refractivity contribution is 14.1. The molecule has 18 heavy (non-hydrogen) atoms. The topological polar surface area (TPSA) is 60.4 Å². The van der Waals surface area contributed by atoms with Crippen molar-refractivity contribution >= 4 is 51.2 Å². The summed E-state index contributed by atoms with van der Waals surface area (Å²) in [6, 6.07) is 3.01. The van der Waals surface area contributed by atoms with Gasteiger partial charge in [0.2, 0.25) is 0 Å². The third-order valence-corrected chi connectivity index (χ3v) is 4.36. The van der Waals surface area contributed by atoms with Crippen LogP contribution in [0, 0.1) is 7.14 Å². The fraction of sp³-hybridized carbons (Fsp3) is 0.417. The number of phenols is 1. The quantitative estimate of drug-likeness (QED) is 0.522. The van der Waals surface area contributed by atoms with E-state index >= 15 is 0 Å². The molecule has 0 saturated carbocycles. The number of carboxylic acid groups (broad SMARTS) is 1. The summed E-state index contributed by atoms with van der Waals surface area (Å²) in [6.07, 6.45) is 0.387. The van der Waals surface area contributed by atoms with Crippen LogP contribution in [-0.4, -0.2) is 42.7 Å². The van der Waals surface area contributed by atoms with Crippen LogP contribution in [0.5, 0.6) is 5.75 Å². The number of phenolic OH excluding ortho intramolecular Hbond substituents is 1. The van der Waals surface area contributed by atoms with Crippen LogP contribution in [0.3, 0.4) is 0 Å². The summed E-state index contributed by atoms with van der Waals surface area (Å²) in [6.45, 7) is 0. The highest BCUT2D eigenvalue weighted by atomic mass is 127. The van der Waals surface area contributed by atoms with Gasteiger partial charge in [-0.2, -0.15) is 0 Å². The largest absolute Gasteiger partial charge is 0.544 e. The molecule has 0 fully saturated rings. The highest BCUT2D eigenvalue weighted by Gasteiger charge is 2.25. The molecule has 1 aromatic rings. The molecule has 0 bridgehead atoms. The molecular formula is C12H15I2NO3. The lowest BCUT2D eigenvalue weighted by Crippen LogP contribution is -2.55. The highest BCUT2D eigenvalue weighted by Crippen LogP contribution is 2.28. The van der Waals surface area contributed by atoms with Gasteiger partial charge in [-0.1, -0.05) is 0 Å². The van der Waals surface area contributed by atoms with Gasteiger partial charge in [0.15, 0.2) is 0 Å². The van der Waals surface area contributed by atoms with Gasteiger partial charge in [0.1, 0.15) is 11.8 Å². The minimum Gasteiger partial charge on any atom is -0.544 e. The maximum atomic E-state index is 11.2. The molecule has 0 aliphatic heterocycles. The number of benzene rings is 1. The van der Waals surface area contributed by atoms with Crippen molar-refractivity contribution in [2.45, 2.75) is 12.5 Å². The second kappa shape index (κ2) is 5.91. The molecular weight excluding hydrogens is 460 g/mol. The van der Waals surface area contributed by atoms with Crippen LogP contribution in [0.15, 0.2) is 12.1 Å². The molecule has 1 atom stereocenters. The molecule has 0 radical (unpaired) electrons. The van der Waals surface area contributed by atoms with E-state index in [4.69, 9.17) is 0 Å². The number of carbonyl (C=O) groups excluding carboxylic acids is 1. The molecule has 1 aromatic carbocycles. The third-order valence-electron chi connectivity index (χ3n) is 2.71. The number of carbonyl (C=O) groups is 1. The van der Waals surface area contributed by atoms with Crippen LogP contribution in [0.1, 0.15) is 5.56 Å². The zero-order valence-electron chi connectivity index (χ0n) is 10.4. The Balaban J connectivity index is 3.06. The van der Waals surface area contributed by atoms with Crippen molar-refractivity contribution < 1.29 is 19.5 Å². The Morgan fingerprint density at radius 2 is 1.78 bits per heavy atom. The average molecular weight is 475 g/mol. The van der Waals surface area contributed by atoms with Crippen LogP contribution >= 0.6 is 45.2 Å². The second-order valence-corrected chi connectivity index (χ2v) is 7.39. The van der Waals surface area contributed by atoms with Gasteiger partial charge in [-0.25, -0.2) is 0 Å². The number of nitrogens with zero attached hydrogens (tertiary/aromatic N) is 1. The van der Waals surface area contributed by atoms with Crippen LogP contribution in [0.25, 0.3) is 0 Å². The zero-order chi connectivity index (χ0) is 14.1. The van der Waals surface area contributed by atoms with E-state index in [9.17, 15) is 15.0 Å². The molecule has 0 aliphatic rings. The summed E-state index contributed by atoms with van der Waals surface area (Å²) in [5.41, 5.74) is 0.892. The fourth-order valence-corrected chi connectivity index (χ4v) is 3.53. The van der Waals surface area contributed by atoms with E-state index in [1.54, 1.807) is 0 Å². The minimum absolute atomic E-state index is 0.246. The van der Waals surface area contributed by atoms with Gasteiger partial charge in [-0.05, 0) is 62.9 Å². The van der Waals surface area contributed by atoms with Gasteiger partial charge in [0.25, 0.3) is 0 Å². The Bertz CT molecular complexity index is 446. The molecule has 4 nitrogen and oxygen atoms in total. The number of hydrogen-bond acceptors (Lipinski definition) is 3. The van der Waals surface area contributed by atoms with Crippen molar-refractivity contribution in [2.75, 3.05) is 21.1 Å². The Morgan fingerprint density at radius 3 is 2.11 bits per heavy atom. The summed E-state index contributed by atoms with van der Waals surface area (Å²) in [7, 11) is 5.49. The molecule has 1 rings (SSSR count). The molecule has 6 heteroatoms. The van der Waals surface area contributed by atoms with E-state index < -0.39 is 12.0 Å². The number of carboxylic acids is 1. The summed E-state index contributed by atoms with van der Waals surface area (Å²) in [5, 5.41) is 20.9. The summed E-state index contributed by atoms with van der Waals surface area (Å²) >= 11 is 4.08. The maximum absolute atomic E-state index is 11.2. The number of halogens is 2. The number of likely N-dealkylation sites (N-methyl/N-ethyl adjacent to an activating group) is 1. The normalized spacial score (nSPS) is 13.4. The fourth-order valence-electron chi connectivity index (χ4n) is 1.63. The van der Waals surface area contributed by atoms with E-state index in [2.05, 4.69) is 0 Å². The van der Waals surface area contributed by atoms with E-state index in [0.717, 1.165) is 12.7 Å². The van der Waals surface area contributed by atoms with Crippen LogP contribution in [-0.2, 0) is 11.2 Å². The van der Waals surface area contributed by atoms with Gasteiger partial charge < -0.3 is 19.5 Å². The minimum atomic E-state index is -1.06. The smallest absolute Gasteiger partial charge is 0.142 e. The van der Waals surface area contributed by atoms with Gasteiger partial charge >= 0.3 is 0 Å².